The third-order valence-electron chi connectivity index (χ3n) is 5.94. The van der Waals surface area contributed by atoms with Crippen LogP contribution in [0.3, 0.4) is 0 Å². The molecular formula is C29H26ClN3O6S. The molecule has 206 valence electrons. The van der Waals surface area contributed by atoms with Crippen molar-refractivity contribution in [2.45, 2.75) is 13.8 Å². The first-order chi connectivity index (χ1) is 19.1. The Kier molecular flexibility index (Phi) is 9.13. The van der Waals surface area contributed by atoms with Crippen molar-refractivity contribution in [1.29, 1.82) is 0 Å². The van der Waals surface area contributed by atoms with Crippen molar-refractivity contribution >= 4 is 63.8 Å². The molecular weight excluding hydrogens is 554 g/mol. The van der Waals surface area contributed by atoms with Gasteiger partial charge in [-0.05, 0) is 96.9 Å². The van der Waals surface area contributed by atoms with Crippen molar-refractivity contribution < 1.29 is 28.7 Å². The van der Waals surface area contributed by atoms with E-state index in [1.807, 2.05) is 32.0 Å². The molecule has 2 N–H and O–H groups in total. The van der Waals surface area contributed by atoms with Gasteiger partial charge in [0.1, 0.15) is 6.54 Å². The fourth-order valence-electron chi connectivity index (χ4n) is 3.72. The number of amides is 4. The second-order valence-electron chi connectivity index (χ2n) is 8.87. The zero-order chi connectivity index (χ0) is 28.8. The Morgan fingerprint density at radius 1 is 0.900 bits per heavy atom. The molecule has 9 nitrogen and oxygen atoms in total. The van der Waals surface area contributed by atoms with E-state index < -0.39 is 23.6 Å². The fourth-order valence-corrected chi connectivity index (χ4v) is 4.68. The maximum absolute atomic E-state index is 12.9. The van der Waals surface area contributed by atoms with E-state index >= 15 is 0 Å². The maximum atomic E-state index is 12.9. The number of rotatable bonds is 9. The van der Waals surface area contributed by atoms with Crippen molar-refractivity contribution in [1.82, 2.24) is 4.90 Å². The number of nitrogens with one attached hydrogen (secondary N) is 2. The topological polar surface area (TPSA) is 114 Å². The lowest BCUT2D eigenvalue weighted by atomic mass is 10.1. The Bertz CT molecular complexity index is 1510. The van der Waals surface area contributed by atoms with Crippen LogP contribution in [0.5, 0.6) is 11.5 Å². The SMILES string of the molecule is COc1cc(/C=C2/SC(=O)N(CC(=O)Nc3ccc(Cl)cc3)C2=O)ccc1OCC(=O)Nc1ccc(C)c(C)c1. The molecule has 1 fully saturated rings. The van der Waals surface area contributed by atoms with Crippen molar-refractivity contribution in [2.75, 3.05) is 30.9 Å². The highest BCUT2D eigenvalue weighted by Crippen LogP contribution is 2.34. The number of imide groups is 1. The minimum Gasteiger partial charge on any atom is -0.493 e. The summed E-state index contributed by atoms with van der Waals surface area (Å²) >= 11 is 6.59. The van der Waals surface area contributed by atoms with Crippen LogP contribution in [0, 0.1) is 13.8 Å². The Hall–Kier alpha value is -4.28. The molecule has 1 aliphatic heterocycles. The zero-order valence-corrected chi connectivity index (χ0v) is 23.5. The molecule has 3 aromatic carbocycles. The summed E-state index contributed by atoms with van der Waals surface area (Å²) < 4.78 is 11.1. The smallest absolute Gasteiger partial charge is 0.294 e. The highest BCUT2D eigenvalue weighted by molar-refractivity contribution is 8.18. The summed E-state index contributed by atoms with van der Waals surface area (Å²) in [5, 5.41) is 5.39. The molecule has 0 bridgehead atoms. The molecule has 0 aromatic heterocycles. The summed E-state index contributed by atoms with van der Waals surface area (Å²) in [5.74, 6) is -0.751. The van der Waals surface area contributed by atoms with E-state index in [0.29, 0.717) is 33.5 Å². The standard InChI is InChI=1S/C29H26ClN3O6S/c1-17-4-8-22(12-18(17)2)32-27(35)16-39-23-11-5-19(13-24(23)38-3)14-25-28(36)33(29(37)40-25)15-26(34)31-21-9-6-20(30)7-10-21/h4-14H,15-16H2,1-3H3,(H,31,34)(H,32,35)/b25-14+. The van der Waals surface area contributed by atoms with E-state index in [1.165, 1.54) is 13.2 Å². The quantitative estimate of drug-likeness (QED) is 0.314. The number of hydrogen-bond donors (Lipinski definition) is 2. The molecule has 40 heavy (non-hydrogen) atoms. The van der Waals surface area contributed by atoms with Gasteiger partial charge in [0.25, 0.3) is 17.1 Å². The lowest BCUT2D eigenvalue weighted by Gasteiger charge is -2.13. The second kappa shape index (κ2) is 12.7. The van der Waals surface area contributed by atoms with Gasteiger partial charge >= 0.3 is 0 Å². The third kappa shape index (κ3) is 7.22. The molecule has 0 spiro atoms. The molecule has 0 saturated carbocycles. The second-order valence-corrected chi connectivity index (χ2v) is 10.3. The van der Waals surface area contributed by atoms with Crippen LogP contribution >= 0.6 is 23.4 Å². The van der Waals surface area contributed by atoms with E-state index in [2.05, 4.69) is 10.6 Å². The predicted octanol–water partition coefficient (Wildman–Crippen LogP) is 5.66. The van der Waals surface area contributed by atoms with Gasteiger partial charge in [0.15, 0.2) is 18.1 Å². The minimum absolute atomic E-state index is 0.160. The molecule has 4 rings (SSSR count). The monoisotopic (exact) mass is 579 g/mol. The van der Waals surface area contributed by atoms with E-state index in [0.717, 1.165) is 27.8 Å². The number of hydrogen-bond acceptors (Lipinski definition) is 7. The average molecular weight is 580 g/mol. The zero-order valence-electron chi connectivity index (χ0n) is 21.9. The molecule has 0 atom stereocenters. The number of methoxy groups -OCH3 is 1. The average Bonchev–Trinajstić information content (AvgIpc) is 3.18. The van der Waals surface area contributed by atoms with E-state index in [4.69, 9.17) is 21.1 Å². The van der Waals surface area contributed by atoms with Gasteiger partial charge in [-0.1, -0.05) is 23.7 Å². The largest absolute Gasteiger partial charge is 0.493 e. The van der Waals surface area contributed by atoms with Crippen LogP contribution in [0.15, 0.2) is 65.6 Å². The first kappa shape index (κ1) is 28.7. The van der Waals surface area contributed by atoms with Crippen molar-refractivity contribution in [2.24, 2.45) is 0 Å². The Labute approximate surface area is 240 Å². The van der Waals surface area contributed by atoms with Crippen LogP contribution < -0.4 is 20.1 Å². The van der Waals surface area contributed by atoms with Gasteiger partial charge in [0.2, 0.25) is 5.91 Å². The molecule has 1 aliphatic rings. The summed E-state index contributed by atoms with van der Waals surface area (Å²) in [4.78, 5) is 51.1. The lowest BCUT2D eigenvalue weighted by Crippen LogP contribution is -2.36. The predicted molar refractivity (Wildman–Crippen MR) is 156 cm³/mol. The Morgan fingerprint density at radius 2 is 1.60 bits per heavy atom. The number of nitrogens with zero attached hydrogens (tertiary/aromatic N) is 1. The highest BCUT2D eigenvalue weighted by atomic mass is 35.5. The van der Waals surface area contributed by atoms with Crippen LogP contribution in [0.1, 0.15) is 16.7 Å². The number of anilines is 2. The summed E-state index contributed by atoms with van der Waals surface area (Å²) in [6.45, 7) is 3.30. The van der Waals surface area contributed by atoms with Crippen LogP contribution in [0.25, 0.3) is 6.08 Å². The Balaban J connectivity index is 1.37. The van der Waals surface area contributed by atoms with Crippen molar-refractivity contribution in [3.05, 3.63) is 87.3 Å². The van der Waals surface area contributed by atoms with E-state index in [9.17, 15) is 19.2 Å². The van der Waals surface area contributed by atoms with Gasteiger partial charge < -0.3 is 20.1 Å². The fraction of sp³-hybridized carbons (Fsp3) is 0.172. The number of halogens is 1. The molecule has 0 unspecified atom stereocenters. The summed E-state index contributed by atoms with van der Waals surface area (Å²) in [6, 6.07) is 17.0. The maximum Gasteiger partial charge on any atom is 0.294 e. The van der Waals surface area contributed by atoms with Gasteiger partial charge in [-0.2, -0.15) is 0 Å². The van der Waals surface area contributed by atoms with E-state index in [1.54, 1.807) is 42.5 Å². The lowest BCUT2D eigenvalue weighted by molar-refractivity contribution is -0.127. The van der Waals surface area contributed by atoms with Crippen molar-refractivity contribution in [3.8, 4) is 11.5 Å². The molecule has 1 heterocycles. The number of thioether (sulfide) groups is 1. The van der Waals surface area contributed by atoms with Gasteiger partial charge in [-0.25, -0.2) is 0 Å². The first-order valence-electron chi connectivity index (χ1n) is 12.1. The van der Waals surface area contributed by atoms with Crippen LogP contribution in [-0.2, 0) is 14.4 Å². The van der Waals surface area contributed by atoms with Gasteiger partial charge in [-0.15, -0.1) is 0 Å². The Morgan fingerprint density at radius 3 is 2.30 bits per heavy atom. The van der Waals surface area contributed by atoms with Crippen molar-refractivity contribution in [3.63, 3.8) is 0 Å². The number of carbonyl (C=O) groups is 4. The number of ether oxygens (including phenoxy) is 2. The molecule has 0 aliphatic carbocycles. The number of carbonyl (C=O) groups excluding carboxylic acids is 4. The molecule has 11 heteroatoms. The molecule has 0 radical (unpaired) electrons. The van der Waals surface area contributed by atoms with Gasteiger partial charge in [-0.3, -0.25) is 24.1 Å². The van der Waals surface area contributed by atoms with Crippen LogP contribution in [0.4, 0.5) is 16.2 Å². The molecule has 3 aromatic rings. The molecule has 1 saturated heterocycles. The summed E-state index contributed by atoms with van der Waals surface area (Å²) in [6.07, 6.45) is 1.53. The summed E-state index contributed by atoms with van der Waals surface area (Å²) in [5.41, 5.74) is 3.93. The molecule has 4 amide bonds. The third-order valence-corrected chi connectivity index (χ3v) is 7.10. The normalized spacial score (nSPS) is 13.9. The first-order valence-corrected chi connectivity index (χ1v) is 13.3. The number of benzene rings is 3. The van der Waals surface area contributed by atoms with E-state index in [-0.39, 0.29) is 17.4 Å². The minimum atomic E-state index is -0.580. The number of aryl methyl sites for hydroxylation is 2. The highest BCUT2D eigenvalue weighted by Gasteiger charge is 2.36. The van der Waals surface area contributed by atoms with Gasteiger partial charge in [0, 0.05) is 16.4 Å². The van der Waals surface area contributed by atoms with Crippen LogP contribution in [0.2, 0.25) is 5.02 Å². The van der Waals surface area contributed by atoms with Crippen LogP contribution in [-0.4, -0.2) is 48.1 Å². The summed E-state index contributed by atoms with van der Waals surface area (Å²) in [7, 11) is 1.45. The van der Waals surface area contributed by atoms with Gasteiger partial charge in [0.05, 0.1) is 12.0 Å².